The van der Waals surface area contributed by atoms with Gasteiger partial charge in [0, 0.05) is 10.7 Å². The Balaban J connectivity index is 2.58. The minimum atomic E-state index is -0.231. The Bertz CT molecular complexity index is 298. The van der Waals surface area contributed by atoms with E-state index in [4.69, 9.17) is 4.74 Å². The Hall–Kier alpha value is -0.570. The molecule has 0 unspecified atom stereocenters. The van der Waals surface area contributed by atoms with Crippen LogP contribution in [0.1, 0.15) is 26.7 Å². The van der Waals surface area contributed by atoms with E-state index in [0.717, 1.165) is 23.9 Å². The fourth-order valence-electron chi connectivity index (χ4n) is 1.45. The average Bonchev–Trinajstić information content (AvgIpc) is 2.34. The maximum atomic E-state index is 12.7. The number of rotatable bonds is 6. The second-order valence-electron chi connectivity index (χ2n) is 4.08. The molecule has 1 aromatic rings. The Labute approximate surface area is 105 Å². The first-order valence-electron chi connectivity index (χ1n) is 5.60. The summed E-state index contributed by atoms with van der Waals surface area (Å²) in [7, 11) is 0. The molecule has 90 valence electrons. The van der Waals surface area contributed by atoms with E-state index in [1.54, 1.807) is 12.1 Å². The molecule has 0 heterocycles. The van der Waals surface area contributed by atoms with Crippen molar-refractivity contribution in [1.29, 1.82) is 0 Å². The number of halogens is 2. The summed E-state index contributed by atoms with van der Waals surface area (Å²) in [5.41, 5.74) is 0.175. The van der Waals surface area contributed by atoms with E-state index in [-0.39, 0.29) is 11.2 Å². The number of hydrogen-bond donors (Lipinski definition) is 0. The van der Waals surface area contributed by atoms with Gasteiger partial charge in [-0.2, -0.15) is 0 Å². The standard InChI is InChI=1S/C13H18BrFO/c1-3-13(4-2,9-14)10-16-12-7-5-11(15)6-8-12/h5-8H,3-4,9-10H2,1-2H3. The van der Waals surface area contributed by atoms with Crippen LogP contribution in [-0.4, -0.2) is 11.9 Å². The minimum absolute atomic E-state index is 0.175. The highest BCUT2D eigenvalue weighted by Crippen LogP contribution is 2.29. The molecule has 0 N–H and O–H groups in total. The molecule has 0 aliphatic rings. The predicted molar refractivity (Wildman–Crippen MR) is 68.7 cm³/mol. The number of ether oxygens (including phenoxy) is 1. The summed E-state index contributed by atoms with van der Waals surface area (Å²) < 4.78 is 18.4. The van der Waals surface area contributed by atoms with Gasteiger partial charge >= 0.3 is 0 Å². The maximum absolute atomic E-state index is 12.7. The highest BCUT2D eigenvalue weighted by Gasteiger charge is 2.25. The van der Waals surface area contributed by atoms with Gasteiger partial charge in [0.05, 0.1) is 6.61 Å². The van der Waals surface area contributed by atoms with Gasteiger partial charge < -0.3 is 4.74 Å². The van der Waals surface area contributed by atoms with E-state index in [1.807, 2.05) is 0 Å². The van der Waals surface area contributed by atoms with Gasteiger partial charge in [-0.3, -0.25) is 0 Å². The Morgan fingerprint density at radius 2 is 1.75 bits per heavy atom. The third-order valence-electron chi connectivity index (χ3n) is 3.14. The van der Waals surface area contributed by atoms with Gasteiger partial charge in [0.1, 0.15) is 11.6 Å². The number of hydrogen-bond acceptors (Lipinski definition) is 1. The summed E-state index contributed by atoms with van der Waals surface area (Å²) in [6, 6.07) is 6.17. The highest BCUT2D eigenvalue weighted by atomic mass is 79.9. The van der Waals surface area contributed by atoms with Crippen LogP contribution in [-0.2, 0) is 0 Å². The van der Waals surface area contributed by atoms with Crippen LogP contribution in [0.4, 0.5) is 4.39 Å². The van der Waals surface area contributed by atoms with Gasteiger partial charge in [-0.1, -0.05) is 29.8 Å². The van der Waals surface area contributed by atoms with Crippen LogP contribution in [0.25, 0.3) is 0 Å². The zero-order valence-electron chi connectivity index (χ0n) is 9.80. The first-order chi connectivity index (χ1) is 7.65. The molecular formula is C13H18BrFO. The lowest BCUT2D eigenvalue weighted by Gasteiger charge is -2.29. The largest absolute Gasteiger partial charge is 0.493 e. The van der Waals surface area contributed by atoms with Gasteiger partial charge in [-0.15, -0.1) is 0 Å². The van der Waals surface area contributed by atoms with E-state index < -0.39 is 0 Å². The maximum Gasteiger partial charge on any atom is 0.123 e. The molecule has 0 amide bonds. The van der Waals surface area contributed by atoms with Gasteiger partial charge in [0.2, 0.25) is 0 Å². The molecule has 16 heavy (non-hydrogen) atoms. The van der Waals surface area contributed by atoms with E-state index in [2.05, 4.69) is 29.8 Å². The first kappa shape index (κ1) is 13.5. The molecule has 1 rings (SSSR count). The van der Waals surface area contributed by atoms with Crippen LogP contribution in [0.5, 0.6) is 5.75 Å². The van der Waals surface area contributed by atoms with Crippen molar-refractivity contribution >= 4 is 15.9 Å². The second-order valence-corrected chi connectivity index (χ2v) is 4.64. The minimum Gasteiger partial charge on any atom is -0.493 e. The van der Waals surface area contributed by atoms with Crippen LogP contribution in [0, 0.1) is 11.2 Å². The molecule has 1 nitrogen and oxygen atoms in total. The van der Waals surface area contributed by atoms with Crippen molar-refractivity contribution in [2.75, 3.05) is 11.9 Å². The van der Waals surface area contributed by atoms with Gasteiger partial charge in [0.25, 0.3) is 0 Å². The molecule has 3 heteroatoms. The van der Waals surface area contributed by atoms with Crippen molar-refractivity contribution in [2.45, 2.75) is 26.7 Å². The van der Waals surface area contributed by atoms with E-state index >= 15 is 0 Å². The lowest BCUT2D eigenvalue weighted by atomic mass is 9.86. The molecule has 0 saturated heterocycles. The fraction of sp³-hybridized carbons (Fsp3) is 0.538. The zero-order chi connectivity index (χ0) is 12.0. The van der Waals surface area contributed by atoms with Gasteiger partial charge in [-0.25, -0.2) is 4.39 Å². The molecule has 0 atom stereocenters. The predicted octanol–water partition coefficient (Wildman–Crippen LogP) is 4.41. The number of alkyl halides is 1. The fourth-order valence-corrected chi connectivity index (χ4v) is 2.40. The molecule has 0 bridgehead atoms. The molecule has 0 fully saturated rings. The lowest BCUT2D eigenvalue weighted by Crippen LogP contribution is -2.28. The smallest absolute Gasteiger partial charge is 0.123 e. The lowest BCUT2D eigenvalue weighted by molar-refractivity contribution is 0.158. The number of benzene rings is 1. The van der Waals surface area contributed by atoms with Crippen molar-refractivity contribution in [3.63, 3.8) is 0 Å². The summed E-state index contributed by atoms with van der Waals surface area (Å²) in [6.45, 7) is 4.99. The highest BCUT2D eigenvalue weighted by molar-refractivity contribution is 9.09. The van der Waals surface area contributed by atoms with Crippen LogP contribution in [0.3, 0.4) is 0 Å². The van der Waals surface area contributed by atoms with Crippen LogP contribution in [0.2, 0.25) is 0 Å². The Morgan fingerprint density at radius 3 is 2.19 bits per heavy atom. The monoisotopic (exact) mass is 288 g/mol. The Morgan fingerprint density at radius 1 is 1.19 bits per heavy atom. The molecule has 0 radical (unpaired) electrons. The van der Waals surface area contributed by atoms with Crippen molar-refractivity contribution in [3.8, 4) is 5.75 Å². The molecule has 0 aliphatic carbocycles. The van der Waals surface area contributed by atoms with Crippen molar-refractivity contribution < 1.29 is 9.13 Å². The molecule has 0 spiro atoms. The van der Waals surface area contributed by atoms with Crippen LogP contribution < -0.4 is 4.74 Å². The van der Waals surface area contributed by atoms with Crippen molar-refractivity contribution in [1.82, 2.24) is 0 Å². The van der Waals surface area contributed by atoms with Crippen molar-refractivity contribution in [3.05, 3.63) is 30.1 Å². The summed E-state index contributed by atoms with van der Waals surface area (Å²) in [6.07, 6.45) is 2.13. The molecule has 0 saturated carbocycles. The molecule has 1 aromatic carbocycles. The molecule has 0 aliphatic heterocycles. The molecule has 0 aromatic heterocycles. The topological polar surface area (TPSA) is 9.23 Å². The third-order valence-corrected chi connectivity index (χ3v) is 4.33. The molecular weight excluding hydrogens is 271 g/mol. The normalized spacial score (nSPS) is 11.5. The van der Waals surface area contributed by atoms with Crippen LogP contribution in [0.15, 0.2) is 24.3 Å². The average molecular weight is 289 g/mol. The summed E-state index contributed by atoms with van der Waals surface area (Å²) in [5, 5.41) is 0.925. The Kier molecular flexibility index (Phi) is 5.26. The van der Waals surface area contributed by atoms with Gasteiger partial charge in [0.15, 0.2) is 0 Å². The van der Waals surface area contributed by atoms with E-state index in [9.17, 15) is 4.39 Å². The quantitative estimate of drug-likeness (QED) is 0.705. The van der Waals surface area contributed by atoms with E-state index in [1.165, 1.54) is 12.1 Å². The summed E-state index contributed by atoms with van der Waals surface area (Å²) in [4.78, 5) is 0. The zero-order valence-corrected chi connectivity index (χ0v) is 11.4. The van der Waals surface area contributed by atoms with Gasteiger partial charge in [-0.05, 0) is 37.1 Å². The third kappa shape index (κ3) is 3.48. The summed E-state index contributed by atoms with van der Waals surface area (Å²) >= 11 is 3.54. The van der Waals surface area contributed by atoms with Crippen LogP contribution >= 0.6 is 15.9 Å². The second kappa shape index (κ2) is 6.24. The first-order valence-corrected chi connectivity index (χ1v) is 6.72. The summed E-state index contributed by atoms with van der Waals surface area (Å²) in [5.74, 6) is 0.499. The SMILES string of the molecule is CCC(CC)(CBr)COc1ccc(F)cc1. The van der Waals surface area contributed by atoms with Crippen molar-refractivity contribution in [2.24, 2.45) is 5.41 Å². The van der Waals surface area contributed by atoms with E-state index in [0.29, 0.717) is 6.61 Å².